The maximum Gasteiger partial charge on any atom is 0.0951 e. The summed E-state index contributed by atoms with van der Waals surface area (Å²) in [6.07, 6.45) is 5.13. The number of aromatic nitrogens is 2. The zero-order valence-corrected chi connectivity index (χ0v) is 14.0. The first-order chi connectivity index (χ1) is 9.44. The molecule has 2 rings (SSSR count). The van der Waals surface area contributed by atoms with Crippen molar-refractivity contribution in [2.24, 2.45) is 5.73 Å². The van der Waals surface area contributed by atoms with Crippen LogP contribution in [0.1, 0.15) is 51.9 Å². The second-order valence-electron chi connectivity index (χ2n) is 6.47. The third-order valence-corrected chi connectivity index (χ3v) is 5.50. The van der Waals surface area contributed by atoms with Crippen LogP contribution < -0.4 is 5.73 Å². The largest absolute Gasteiger partial charge is 0.331 e. The topological polar surface area (TPSA) is 47.1 Å². The van der Waals surface area contributed by atoms with E-state index in [-0.39, 0.29) is 6.04 Å². The fourth-order valence-electron chi connectivity index (χ4n) is 2.81. The molecule has 2 heterocycles. The van der Waals surface area contributed by atoms with Crippen LogP contribution in [0.2, 0.25) is 0 Å². The Kier molecular flexibility index (Phi) is 5.15. The van der Waals surface area contributed by atoms with Crippen LogP contribution in [-0.4, -0.2) is 44.6 Å². The Labute approximate surface area is 127 Å². The van der Waals surface area contributed by atoms with E-state index in [1.165, 1.54) is 17.9 Å². The fourth-order valence-corrected chi connectivity index (χ4v) is 3.92. The molecule has 114 valence electrons. The van der Waals surface area contributed by atoms with Crippen LogP contribution in [-0.2, 0) is 0 Å². The number of thioether (sulfide) groups is 1. The van der Waals surface area contributed by atoms with E-state index >= 15 is 0 Å². The summed E-state index contributed by atoms with van der Waals surface area (Å²) < 4.78 is 2.63. The summed E-state index contributed by atoms with van der Waals surface area (Å²) in [5.41, 5.74) is 7.35. The van der Waals surface area contributed by atoms with Gasteiger partial charge in [-0.05, 0) is 20.3 Å². The predicted octanol–water partition coefficient (Wildman–Crippen LogP) is 2.68. The van der Waals surface area contributed by atoms with Crippen molar-refractivity contribution >= 4 is 11.8 Å². The molecular formula is C15H28N4S. The van der Waals surface area contributed by atoms with Gasteiger partial charge in [0.2, 0.25) is 0 Å². The minimum atomic E-state index is 0.286. The SMILES string of the molecule is CC(C)n1cncc1C(CN)N1CCSC(C)(C)CC1. The van der Waals surface area contributed by atoms with Crippen molar-refractivity contribution < 1.29 is 0 Å². The first-order valence-corrected chi connectivity index (χ1v) is 8.53. The maximum atomic E-state index is 6.09. The van der Waals surface area contributed by atoms with Gasteiger partial charge in [0.25, 0.3) is 0 Å². The number of nitrogens with zero attached hydrogens (tertiary/aromatic N) is 3. The molecule has 0 spiro atoms. The van der Waals surface area contributed by atoms with Gasteiger partial charge in [0.1, 0.15) is 0 Å². The van der Waals surface area contributed by atoms with E-state index in [9.17, 15) is 0 Å². The smallest absolute Gasteiger partial charge is 0.0951 e. The second kappa shape index (κ2) is 6.50. The average Bonchev–Trinajstić information content (AvgIpc) is 2.78. The number of rotatable bonds is 4. The van der Waals surface area contributed by atoms with E-state index in [0.29, 0.717) is 17.3 Å². The molecule has 5 heteroatoms. The van der Waals surface area contributed by atoms with Gasteiger partial charge in [-0.3, -0.25) is 4.90 Å². The van der Waals surface area contributed by atoms with Crippen LogP contribution in [0.15, 0.2) is 12.5 Å². The summed E-state index contributed by atoms with van der Waals surface area (Å²) in [6, 6.07) is 0.716. The van der Waals surface area contributed by atoms with Gasteiger partial charge < -0.3 is 10.3 Å². The molecule has 20 heavy (non-hydrogen) atoms. The van der Waals surface area contributed by atoms with Crippen molar-refractivity contribution in [3.63, 3.8) is 0 Å². The number of hydrogen-bond donors (Lipinski definition) is 1. The molecule has 1 atom stereocenters. The zero-order valence-electron chi connectivity index (χ0n) is 13.2. The number of imidazole rings is 1. The third-order valence-electron chi connectivity index (χ3n) is 4.13. The van der Waals surface area contributed by atoms with Gasteiger partial charge in [-0.25, -0.2) is 4.98 Å². The minimum Gasteiger partial charge on any atom is -0.331 e. The van der Waals surface area contributed by atoms with Crippen LogP contribution in [0.4, 0.5) is 0 Å². The van der Waals surface area contributed by atoms with Crippen LogP contribution in [0.5, 0.6) is 0 Å². The van der Waals surface area contributed by atoms with Gasteiger partial charge in [0.05, 0.1) is 18.1 Å². The number of hydrogen-bond acceptors (Lipinski definition) is 4. The lowest BCUT2D eigenvalue weighted by atomic mass is 10.1. The lowest BCUT2D eigenvalue weighted by Gasteiger charge is -2.31. The molecule has 1 aliphatic heterocycles. The van der Waals surface area contributed by atoms with Crippen LogP contribution in [0.25, 0.3) is 0 Å². The summed E-state index contributed by atoms with van der Waals surface area (Å²) >= 11 is 2.08. The Morgan fingerprint density at radius 3 is 2.80 bits per heavy atom. The van der Waals surface area contributed by atoms with Crippen molar-refractivity contribution in [2.45, 2.75) is 50.9 Å². The van der Waals surface area contributed by atoms with E-state index in [1.807, 2.05) is 12.5 Å². The predicted molar refractivity (Wildman–Crippen MR) is 87.1 cm³/mol. The fraction of sp³-hybridized carbons (Fsp3) is 0.800. The highest BCUT2D eigenvalue weighted by atomic mass is 32.2. The molecule has 1 fully saturated rings. The third kappa shape index (κ3) is 3.57. The molecule has 0 aromatic carbocycles. The molecule has 0 radical (unpaired) electrons. The first kappa shape index (κ1) is 15.9. The van der Waals surface area contributed by atoms with Crippen LogP contribution >= 0.6 is 11.8 Å². The van der Waals surface area contributed by atoms with Gasteiger partial charge in [0.15, 0.2) is 0 Å². The molecule has 0 bridgehead atoms. The van der Waals surface area contributed by atoms with Crippen LogP contribution in [0, 0.1) is 0 Å². The summed E-state index contributed by atoms with van der Waals surface area (Å²) in [7, 11) is 0. The number of nitrogens with two attached hydrogens (primary N) is 1. The Balaban J connectivity index is 2.17. The highest BCUT2D eigenvalue weighted by Crippen LogP contribution is 2.33. The van der Waals surface area contributed by atoms with E-state index in [4.69, 9.17) is 5.73 Å². The van der Waals surface area contributed by atoms with Gasteiger partial charge in [-0.15, -0.1) is 0 Å². The zero-order chi connectivity index (χ0) is 14.8. The van der Waals surface area contributed by atoms with Crippen molar-refractivity contribution in [3.05, 3.63) is 18.2 Å². The Hall–Kier alpha value is -0.520. The van der Waals surface area contributed by atoms with Gasteiger partial charge in [-0.1, -0.05) is 13.8 Å². The van der Waals surface area contributed by atoms with Crippen LogP contribution in [0.3, 0.4) is 0 Å². The molecule has 1 aromatic rings. The van der Waals surface area contributed by atoms with Crippen molar-refractivity contribution in [1.82, 2.24) is 14.5 Å². The molecular weight excluding hydrogens is 268 g/mol. The Bertz CT molecular complexity index is 427. The summed E-state index contributed by atoms with van der Waals surface area (Å²) in [4.78, 5) is 6.87. The molecule has 4 nitrogen and oxygen atoms in total. The van der Waals surface area contributed by atoms with E-state index < -0.39 is 0 Å². The monoisotopic (exact) mass is 296 g/mol. The maximum absolute atomic E-state index is 6.09. The van der Waals surface area contributed by atoms with Crippen molar-refractivity contribution in [3.8, 4) is 0 Å². The molecule has 1 saturated heterocycles. The van der Waals surface area contributed by atoms with Gasteiger partial charge >= 0.3 is 0 Å². The van der Waals surface area contributed by atoms with E-state index in [1.54, 1.807) is 0 Å². The Morgan fingerprint density at radius 2 is 2.15 bits per heavy atom. The summed E-state index contributed by atoms with van der Waals surface area (Å²) in [6.45, 7) is 12.0. The highest BCUT2D eigenvalue weighted by Gasteiger charge is 2.29. The summed E-state index contributed by atoms with van der Waals surface area (Å²) in [5, 5.41) is 0. The van der Waals surface area contributed by atoms with Crippen molar-refractivity contribution in [1.29, 1.82) is 0 Å². The van der Waals surface area contributed by atoms with Crippen molar-refractivity contribution in [2.75, 3.05) is 25.4 Å². The second-order valence-corrected chi connectivity index (χ2v) is 8.27. The lowest BCUT2D eigenvalue weighted by molar-refractivity contribution is 0.201. The minimum absolute atomic E-state index is 0.286. The van der Waals surface area contributed by atoms with E-state index in [0.717, 1.165) is 13.1 Å². The molecule has 0 saturated carbocycles. The highest BCUT2D eigenvalue weighted by molar-refractivity contribution is 8.00. The quantitative estimate of drug-likeness (QED) is 0.928. The Morgan fingerprint density at radius 1 is 1.40 bits per heavy atom. The molecule has 1 unspecified atom stereocenters. The molecule has 1 aromatic heterocycles. The molecule has 0 amide bonds. The summed E-state index contributed by atoms with van der Waals surface area (Å²) in [5.74, 6) is 1.18. The first-order valence-electron chi connectivity index (χ1n) is 7.54. The molecule has 0 aliphatic carbocycles. The molecule has 1 aliphatic rings. The standard InChI is InChI=1S/C15H28N4S/c1-12(2)19-11-17-10-14(19)13(9-16)18-6-5-15(3,4)20-8-7-18/h10-13H,5-9,16H2,1-4H3. The van der Waals surface area contributed by atoms with E-state index in [2.05, 4.69) is 53.9 Å². The van der Waals surface area contributed by atoms with Gasteiger partial charge in [-0.2, -0.15) is 11.8 Å². The lowest BCUT2D eigenvalue weighted by Crippen LogP contribution is -2.37. The normalized spacial score (nSPS) is 21.9. The van der Waals surface area contributed by atoms with Gasteiger partial charge in [0, 0.05) is 42.4 Å². The molecule has 2 N–H and O–H groups in total. The average molecular weight is 296 g/mol.